The molecule has 1 aliphatic heterocycles. The molecule has 0 aromatic rings. The largest absolute Gasteiger partial charge is 0.353 e. The van der Waals surface area contributed by atoms with Crippen LogP contribution in [-0.4, -0.2) is 49.6 Å². The van der Waals surface area contributed by atoms with E-state index in [0.717, 1.165) is 25.9 Å². The van der Waals surface area contributed by atoms with Crippen molar-refractivity contribution in [1.29, 1.82) is 0 Å². The van der Waals surface area contributed by atoms with Gasteiger partial charge in [0.05, 0.1) is 6.04 Å². The summed E-state index contributed by atoms with van der Waals surface area (Å²) < 4.78 is 0. The van der Waals surface area contributed by atoms with Gasteiger partial charge in [-0.25, -0.2) is 0 Å². The second kappa shape index (κ2) is 8.30. The highest BCUT2D eigenvalue weighted by Crippen LogP contribution is 2.33. The zero-order chi connectivity index (χ0) is 12.3. The summed E-state index contributed by atoms with van der Waals surface area (Å²) in [6.07, 6.45) is 7.10. The van der Waals surface area contributed by atoms with Gasteiger partial charge in [-0.1, -0.05) is 12.8 Å². The van der Waals surface area contributed by atoms with Gasteiger partial charge in [0.2, 0.25) is 5.91 Å². The lowest BCUT2D eigenvalue weighted by Gasteiger charge is -2.36. The Morgan fingerprint density at radius 1 is 1.26 bits per heavy atom. The second-order valence-corrected chi connectivity index (χ2v) is 5.69. The van der Waals surface area contributed by atoms with Gasteiger partial charge in [0.25, 0.3) is 0 Å². The molecule has 0 aromatic carbocycles. The Balaban J connectivity index is 0.00000162. The molecule has 1 heterocycles. The topological polar surface area (TPSA) is 44.4 Å². The molecule has 0 bridgehead atoms. The molecule has 0 spiro atoms. The van der Waals surface area contributed by atoms with Crippen molar-refractivity contribution in [1.82, 2.24) is 15.5 Å². The molecule has 1 saturated heterocycles. The van der Waals surface area contributed by atoms with Crippen molar-refractivity contribution in [3.63, 3.8) is 0 Å². The lowest BCUT2D eigenvalue weighted by atomic mass is 9.96. The molecular formula is C13H27Cl2N3O. The highest BCUT2D eigenvalue weighted by atomic mass is 35.5. The van der Waals surface area contributed by atoms with Gasteiger partial charge in [-0.05, 0) is 46.3 Å². The maximum Gasteiger partial charge on any atom is 0.237 e. The number of carbonyl (C=O) groups is 1. The predicted molar refractivity (Wildman–Crippen MR) is 83.4 cm³/mol. The summed E-state index contributed by atoms with van der Waals surface area (Å²) in [7, 11) is 4.26. The van der Waals surface area contributed by atoms with Crippen LogP contribution in [0.5, 0.6) is 0 Å². The Labute approximate surface area is 128 Å². The summed E-state index contributed by atoms with van der Waals surface area (Å²) in [5.74, 6) is 0.190. The molecule has 1 saturated carbocycles. The van der Waals surface area contributed by atoms with E-state index in [4.69, 9.17) is 0 Å². The third-order valence-electron chi connectivity index (χ3n) is 4.45. The first-order valence-corrected chi connectivity index (χ1v) is 6.83. The minimum Gasteiger partial charge on any atom is -0.353 e. The lowest BCUT2D eigenvalue weighted by molar-refractivity contribution is -0.123. The molecular weight excluding hydrogens is 285 g/mol. The van der Waals surface area contributed by atoms with E-state index in [9.17, 15) is 4.79 Å². The maximum atomic E-state index is 12.0. The molecule has 2 N–H and O–H groups in total. The number of rotatable bonds is 4. The van der Waals surface area contributed by atoms with E-state index in [-0.39, 0.29) is 42.3 Å². The molecule has 4 nitrogen and oxygen atoms in total. The predicted octanol–water partition coefficient (Wildman–Crippen LogP) is 1.57. The fraction of sp³-hybridized carbons (Fsp3) is 0.923. The summed E-state index contributed by atoms with van der Waals surface area (Å²) in [6.45, 7) is 1.79. The number of halogens is 2. The zero-order valence-electron chi connectivity index (χ0n) is 11.9. The van der Waals surface area contributed by atoms with Crippen LogP contribution in [0, 0.1) is 0 Å². The van der Waals surface area contributed by atoms with Crippen molar-refractivity contribution in [3.8, 4) is 0 Å². The number of nitrogens with one attached hydrogen (secondary N) is 2. The highest BCUT2D eigenvalue weighted by molar-refractivity contribution is 5.85. The van der Waals surface area contributed by atoms with Crippen molar-refractivity contribution >= 4 is 30.7 Å². The Morgan fingerprint density at radius 3 is 2.37 bits per heavy atom. The molecule has 2 rings (SSSR count). The van der Waals surface area contributed by atoms with Crippen LogP contribution in [0.4, 0.5) is 0 Å². The normalized spacial score (nSPS) is 24.7. The third kappa shape index (κ3) is 4.48. The number of amides is 1. The van der Waals surface area contributed by atoms with Crippen LogP contribution in [-0.2, 0) is 4.79 Å². The molecule has 0 aromatic heterocycles. The first-order chi connectivity index (χ1) is 8.14. The molecule has 114 valence electrons. The van der Waals surface area contributed by atoms with Crippen molar-refractivity contribution in [2.24, 2.45) is 0 Å². The van der Waals surface area contributed by atoms with Crippen molar-refractivity contribution in [2.75, 3.05) is 27.2 Å². The lowest BCUT2D eigenvalue weighted by Crippen LogP contribution is -2.53. The SMILES string of the molecule is CN(C)C1(CNC(=O)C2CCCN2)CCCC1.Cl.Cl. The van der Waals surface area contributed by atoms with E-state index in [0.29, 0.717) is 0 Å². The Hall–Kier alpha value is -0.0300. The van der Waals surface area contributed by atoms with Gasteiger partial charge in [-0.3, -0.25) is 4.79 Å². The van der Waals surface area contributed by atoms with Gasteiger partial charge in [-0.2, -0.15) is 0 Å². The minimum absolute atomic E-state index is 0. The van der Waals surface area contributed by atoms with Gasteiger partial charge < -0.3 is 15.5 Å². The average Bonchev–Trinajstić information content (AvgIpc) is 2.97. The maximum absolute atomic E-state index is 12.0. The molecule has 0 radical (unpaired) electrons. The van der Waals surface area contributed by atoms with Gasteiger partial charge in [0, 0.05) is 12.1 Å². The standard InChI is InChI=1S/C13H25N3O.2ClH/c1-16(2)13(7-3-4-8-13)10-15-12(17)11-6-5-9-14-11;;/h11,14H,3-10H2,1-2H3,(H,15,17);2*1H. The monoisotopic (exact) mass is 311 g/mol. The summed E-state index contributed by atoms with van der Waals surface area (Å²) >= 11 is 0. The number of hydrogen-bond donors (Lipinski definition) is 2. The summed E-state index contributed by atoms with van der Waals surface area (Å²) in [6, 6.07) is 0.0515. The highest BCUT2D eigenvalue weighted by Gasteiger charge is 2.36. The smallest absolute Gasteiger partial charge is 0.237 e. The molecule has 6 heteroatoms. The fourth-order valence-electron chi connectivity index (χ4n) is 3.10. The first kappa shape index (κ1) is 19.0. The zero-order valence-corrected chi connectivity index (χ0v) is 13.5. The summed E-state index contributed by atoms with van der Waals surface area (Å²) in [4.78, 5) is 14.3. The molecule has 1 atom stereocenters. The van der Waals surface area contributed by atoms with Gasteiger partial charge in [0.15, 0.2) is 0 Å². The summed E-state index contributed by atoms with van der Waals surface area (Å²) in [5, 5.41) is 6.39. The number of carbonyl (C=O) groups excluding carboxylic acids is 1. The number of nitrogens with zero attached hydrogens (tertiary/aromatic N) is 1. The average molecular weight is 312 g/mol. The molecule has 2 fully saturated rings. The molecule has 1 aliphatic carbocycles. The van der Waals surface area contributed by atoms with Crippen molar-refractivity contribution < 1.29 is 4.79 Å². The van der Waals surface area contributed by atoms with E-state index < -0.39 is 0 Å². The van der Waals surface area contributed by atoms with E-state index in [2.05, 4.69) is 29.6 Å². The van der Waals surface area contributed by atoms with Crippen LogP contribution in [0.15, 0.2) is 0 Å². The molecule has 2 aliphatic rings. The fourth-order valence-corrected chi connectivity index (χ4v) is 3.10. The third-order valence-corrected chi connectivity index (χ3v) is 4.45. The molecule has 1 amide bonds. The Morgan fingerprint density at radius 2 is 1.89 bits per heavy atom. The van der Waals surface area contributed by atoms with Gasteiger partial charge in [-0.15, -0.1) is 24.8 Å². The number of likely N-dealkylation sites (N-methyl/N-ethyl adjacent to an activating group) is 1. The van der Waals surface area contributed by atoms with Gasteiger partial charge >= 0.3 is 0 Å². The second-order valence-electron chi connectivity index (χ2n) is 5.69. The van der Waals surface area contributed by atoms with Crippen LogP contribution < -0.4 is 10.6 Å². The van der Waals surface area contributed by atoms with Crippen LogP contribution in [0.3, 0.4) is 0 Å². The Kier molecular flexibility index (Phi) is 8.29. The molecule has 1 unspecified atom stereocenters. The Bertz CT molecular complexity index is 275. The van der Waals surface area contributed by atoms with E-state index in [1.807, 2.05) is 0 Å². The van der Waals surface area contributed by atoms with E-state index >= 15 is 0 Å². The van der Waals surface area contributed by atoms with Gasteiger partial charge in [0.1, 0.15) is 0 Å². The van der Waals surface area contributed by atoms with Crippen LogP contribution in [0.25, 0.3) is 0 Å². The first-order valence-electron chi connectivity index (χ1n) is 6.83. The number of hydrogen-bond acceptors (Lipinski definition) is 3. The van der Waals surface area contributed by atoms with Crippen LogP contribution >= 0.6 is 24.8 Å². The quantitative estimate of drug-likeness (QED) is 0.828. The van der Waals surface area contributed by atoms with Crippen LogP contribution in [0.2, 0.25) is 0 Å². The minimum atomic E-state index is 0. The van der Waals surface area contributed by atoms with Crippen molar-refractivity contribution in [2.45, 2.75) is 50.1 Å². The van der Waals surface area contributed by atoms with E-state index in [1.165, 1.54) is 25.7 Å². The van der Waals surface area contributed by atoms with Crippen LogP contribution in [0.1, 0.15) is 38.5 Å². The van der Waals surface area contributed by atoms with E-state index in [1.54, 1.807) is 0 Å². The van der Waals surface area contributed by atoms with Crippen molar-refractivity contribution in [3.05, 3.63) is 0 Å². The summed E-state index contributed by atoms with van der Waals surface area (Å²) in [5.41, 5.74) is 0.203. The molecule has 19 heavy (non-hydrogen) atoms.